The molecule has 1 aliphatic heterocycles. The van der Waals surface area contributed by atoms with Crippen molar-refractivity contribution < 1.29 is 37.3 Å². The number of alkyl halides is 3. The Balaban J connectivity index is 1.58. The molecule has 30 heavy (non-hydrogen) atoms. The van der Waals surface area contributed by atoms with Crippen LogP contribution in [0.1, 0.15) is 21.5 Å². The van der Waals surface area contributed by atoms with E-state index in [1.165, 1.54) is 42.3 Å². The zero-order valence-electron chi connectivity index (χ0n) is 15.9. The van der Waals surface area contributed by atoms with Crippen molar-refractivity contribution in [3.63, 3.8) is 0 Å². The normalized spacial score (nSPS) is 20.4. The van der Waals surface area contributed by atoms with Crippen molar-refractivity contribution in [1.29, 1.82) is 0 Å². The number of methoxy groups -OCH3 is 1. The van der Waals surface area contributed by atoms with E-state index in [9.17, 15) is 27.9 Å². The van der Waals surface area contributed by atoms with E-state index in [1.54, 1.807) is 6.07 Å². The van der Waals surface area contributed by atoms with Crippen LogP contribution in [0.2, 0.25) is 0 Å². The molecule has 9 heteroatoms. The lowest BCUT2D eigenvalue weighted by Crippen LogP contribution is -2.55. The zero-order valence-corrected chi connectivity index (χ0v) is 15.9. The summed E-state index contributed by atoms with van der Waals surface area (Å²) in [6.07, 6.45) is -5.31. The van der Waals surface area contributed by atoms with Crippen molar-refractivity contribution in [3.05, 3.63) is 59.2 Å². The molecule has 0 saturated carbocycles. The first-order chi connectivity index (χ1) is 14.2. The highest BCUT2D eigenvalue weighted by Gasteiger charge is 2.60. The maximum absolute atomic E-state index is 13.9. The van der Waals surface area contributed by atoms with Crippen molar-refractivity contribution in [2.45, 2.75) is 17.9 Å². The summed E-state index contributed by atoms with van der Waals surface area (Å²) in [5, 5.41) is 10.7. The van der Waals surface area contributed by atoms with Crippen molar-refractivity contribution in [1.82, 2.24) is 4.90 Å². The molecular weight excluding hydrogens is 403 g/mol. The van der Waals surface area contributed by atoms with E-state index in [1.807, 2.05) is 0 Å². The number of aliphatic hydroxyl groups is 1. The van der Waals surface area contributed by atoms with Crippen LogP contribution < -0.4 is 0 Å². The van der Waals surface area contributed by atoms with Crippen molar-refractivity contribution >= 4 is 11.9 Å². The molecule has 2 aliphatic rings. The standard InChI is InChI=1S/C21H18F3NO5/c1-29-18(26)11-30-13-9-25(10-13)19(27)12-6-7-15-14-4-2-3-5-16(14)20(28,17(15)8-12)21(22,23)24/h2-8,13,28H,9-11H2,1H3. The molecule has 158 valence electrons. The first-order valence-electron chi connectivity index (χ1n) is 9.18. The maximum Gasteiger partial charge on any atom is 0.425 e. The van der Waals surface area contributed by atoms with Crippen LogP contribution in [0.15, 0.2) is 42.5 Å². The number of esters is 1. The van der Waals surface area contributed by atoms with E-state index in [4.69, 9.17) is 4.74 Å². The van der Waals surface area contributed by atoms with Crippen LogP contribution in [0, 0.1) is 0 Å². The second-order valence-electron chi connectivity index (χ2n) is 7.23. The van der Waals surface area contributed by atoms with Gasteiger partial charge >= 0.3 is 12.1 Å². The van der Waals surface area contributed by atoms with Crippen LogP contribution in [0.4, 0.5) is 13.2 Å². The molecule has 1 heterocycles. The van der Waals surface area contributed by atoms with Crippen LogP contribution in [-0.4, -0.2) is 61.0 Å². The minimum atomic E-state index is -4.96. The molecule has 0 bridgehead atoms. The molecule has 1 aliphatic carbocycles. The highest BCUT2D eigenvalue weighted by Crippen LogP contribution is 2.55. The number of halogens is 3. The summed E-state index contributed by atoms with van der Waals surface area (Å²) in [6.45, 7) is 0.173. The lowest BCUT2D eigenvalue weighted by molar-refractivity contribution is -0.246. The van der Waals surface area contributed by atoms with Crippen molar-refractivity contribution in [2.75, 3.05) is 26.8 Å². The van der Waals surface area contributed by atoms with Gasteiger partial charge in [-0.05, 0) is 23.3 Å². The van der Waals surface area contributed by atoms with Gasteiger partial charge in [0.05, 0.1) is 13.2 Å². The first-order valence-corrected chi connectivity index (χ1v) is 9.18. The van der Waals surface area contributed by atoms with Gasteiger partial charge in [0.25, 0.3) is 5.91 Å². The third kappa shape index (κ3) is 3.05. The predicted molar refractivity (Wildman–Crippen MR) is 98.6 cm³/mol. The molecule has 1 fully saturated rings. The van der Waals surface area contributed by atoms with E-state index in [-0.39, 0.29) is 53.6 Å². The molecule has 0 radical (unpaired) electrons. The third-order valence-corrected chi connectivity index (χ3v) is 5.47. The average Bonchev–Trinajstić information content (AvgIpc) is 2.96. The SMILES string of the molecule is COC(=O)COC1CN(C(=O)c2ccc3c(c2)C(O)(C(F)(F)F)c2ccccc2-3)C1. The Morgan fingerprint density at radius 2 is 1.80 bits per heavy atom. The molecule has 1 atom stereocenters. The van der Waals surface area contributed by atoms with Crippen molar-refractivity contribution in [3.8, 4) is 11.1 Å². The highest BCUT2D eigenvalue weighted by molar-refractivity contribution is 5.96. The average molecular weight is 421 g/mol. The molecule has 1 unspecified atom stereocenters. The minimum absolute atomic E-state index is 0.0376. The fourth-order valence-electron chi connectivity index (χ4n) is 3.83. The molecular formula is C21H18F3NO5. The Hall–Kier alpha value is -2.91. The van der Waals surface area contributed by atoms with Gasteiger partial charge in [0.2, 0.25) is 5.60 Å². The molecule has 2 aromatic rings. The van der Waals surface area contributed by atoms with Gasteiger partial charge < -0.3 is 19.5 Å². The minimum Gasteiger partial charge on any atom is -0.467 e. The Bertz CT molecular complexity index is 1020. The van der Waals surface area contributed by atoms with E-state index < -0.39 is 23.7 Å². The van der Waals surface area contributed by atoms with Gasteiger partial charge in [0.15, 0.2) is 0 Å². The molecule has 0 spiro atoms. The van der Waals surface area contributed by atoms with Crippen LogP contribution in [0.3, 0.4) is 0 Å². The van der Waals surface area contributed by atoms with Crippen LogP contribution in [0.5, 0.6) is 0 Å². The second kappa shape index (κ2) is 7.10. The number of hydrogen-bond acceptors (Lipinski definition) is 5. The molecule has 6 nitrogen and oxygen atoms in total. The summed E-state index contributed by atoms with van der Waals surface area (Å²) < 4.78 is 51.5. The lowest BCUT2D eigenvalue weighted by atomic mass is 9.89. The van der Waals surface area contributed by atoms with E-state index >= 15 is 0 Å². The number of carbonyl (C=O) groups excluding carboxylic acids is 2. The zero-order chi connectivity index (χ0) is 21.7. The molecule has 2 aromatic carbocycles. The summed E-state index contributed by atoms with van der Waals surface area (Å²) in [7, 11) is 1.23. The van der Waals surface area contributed by atoms with E-state index in [2.05, 4.69) is 4.74 Å². The smallest absolute Gasteiger partial charge is 0.425 e. The highest BCUT2D eigenvalue weighted by atomic mass is 19.4. The lowest BCUT2D eigenvalue weighted by Gasteiger charge is -2.38. The van der Waals surface area contributed by atoms with E-state index in [0.29, 0.717) is 0 Å². The van der Waals surface area contributed by atoms with E-state index in [0.717, 1.165) is 6.07 Å². The summed E-state index contributed by atoms with van der Waals surface area (Å²) in [5.74, 6) is -1.01. The summed E-state index contributed by atoms with van der Waals surface area (Å²) in [6, 6.07) is 9.76. The number of ether oxygens (including phenoxy) is 2. The fourth-order valence-corrected chi connectivity index (χ4v) is 3.83. The Morgan fingerprint density at radius 3 is 2.47 bits per heavy atom. The van der Waals surface area contributed by atoms with Gasteiger partial charge in [0.1, 0.15) is 6.61 Å². The quantitative estimate of drug-likeness (QED) is 0.768. The molecule has 1 amide bonds. The maximum atomic E-state index is 13.9. The Labute approximate surface area is 169 Å². The topological polar surface area (TPSA) is 76.1 Å². The number of likely N-dealkylation sites (tertiary alicyclic amines) is 1. The monoisotopic (exact) mass is 421 g/mol. The predicted octanol–water partition coefficient (Wildman–Crippen LogP) is 2.48. The number of fused-ring (bicyclic) bond motifs is 3. The Kier molecular flexibility index (Phi) is 4.82. The number of hydrogen-bond donors (Lipinski definition) is 1. The van der Waals surface area contributed by atoms with Gasteiger partial charge in [-0.25, -0.2) is 4.79 Å². The molecule has 0 aromatic heterocycles. The summed E-state index contributed by atoms with van der Waals surface area (Å²) in [5.41, 5.74) is -3.23. The van der Waals surface area contributed by atoms with Crippen molar-refractivity contribution in [2.24, 2.45) is 0 Å². The summed E-state index contributed by atoms with van der Waals surface area (Å²) in [4.78, 5) is 25.2. The Morgan fingerprint density at radius 1 is 1.13 bits per heavy atom. The third-order valence-electron chi connectivity index (χ3n) is 5.47. The van der Waals surface area contributed by atoms with Crippen LogP contribution >= 0.6 is 0 Å². The number of rotatable bonds is 4. The first kappa shape index (κ1) is 20.4. The number of carbonyl (C=O) groups is 2. The van der Waals surface area contributed by atoms with Gasteiger partial charge in [-0.15, -0.1) is 0 Å². The van der Waals surface area contributed by atoms with Crippen LogP contribution in [0.25, 0.3) is 11.1 Å². The second-order valence-corrected chi connectivity index (χ2v) is 7.23. The van der Waals surface area contributed by atoms with Gasteiger partial charge in [-0.1, -0.05) is 30.3 Å². The molecule has 1 N–H and O–H groups in total. The fraction of sp³-hybridized carbons (Fsp3) is 0.333. The number of amides is 1. The number of benzene rings is 2. The molecule has 1 saturated heterocycles. The van der Waals surface area contributed by atoms with Crippen LogP contribution in [-0.2, 0) is 19.9 Å². The number of nitrogens with zero attached hydrogens (tertiary/aromatic N) is 1. The largest absolute Gasteiger partial charge is 0.467 e. The summed E-state index contributed by atoms with van der Waals surface area (Å²) >= 11 is 0. The van der Waals surface area contributed by atoms with Gasteiger partial charge in [-0.3, -0.25) is 4.79 Å². The van der Waals surface area contributed by atoms with Gasteiger partial charge in [-0.2, -0.15) is 13.2 Å². The van der Waals surface area contributed by atoms with Gasteiger partial charge in [0, 0.05) is 29.8 Å². The molecule has 4 rings (SSSR count).